The SMILES string of the molecule is Cc1cc2c(n1-c1cnn(C)c1)CCCC2O. The highest BCUT2D eigenvalue weighted by molar-refractivity contribution is 5.41. The van der Waals surface area contributed by atoms with Gasteiger partial charge in [-0.3, -0.25) is 4.68 Å². The second kappa shape index (κ2) is 3.74. The average molecular weight is 231 g/mol. The van der Waals surface area contributed by atoms with Gasteiger partial charge < -0.3 is 9.67 Å². The zero-order chi connectivity index (χ0) is 12.0. The molecular weight excluding hydrogens is 214 g/mol. The van der Waals surface area contributed by atoms with Crippen LogP contribution in [0.1, 0.15) is 35.9 Å². The summed E-state index contributed by atoms with van der Waals surface area (Å²) in [5, 5.41) is 14.2. The van der Waals surface area contributed by atoms with E-state index in [1.54, 1.807) is 4.68 Å². The lowest BCUT2D eigenvalue weighted by atomic mass is 9.95. The molecule has 0 saturated heterocycles. The predicted octanol–water partition coefficient (Wildman–Crippen LogP) is 1.89. The quantitative estimate of drug-likeness (QED) is 0.814. The molecular formula is C13H17N3O. The summed E-state index contributed by atoms with van der Waals surface area (Å²) in [5.41, 5.74) is 4.59. The topological polar surface area (TPSA) is 43.0 Å². The molecule has 0 amide bonds. The van der Waals surface area contributed by atoms with E-state index in [1.807, 2.05) is 19.4 Å². The number of rotatable bonds is 1. The molecule has 1 unspecified atom stereocenters. The highest BCUT2D eigenvalue weighted by Gasteiger charge is 2.23. The summed E-state index contributed by atoms with van der Waals surface area (Å²) in [4.78, 5) is 0. The summed E-state index contributed by atoms with van der Waals surface area (Å²) >= 11 is 0. The lowest BCUT2D eigenvalue weighted by Gasteiger charge is -2.19. The van der Waals surface area contributed by atoms with Crippen LogP contribution in [0.25, 0.3) is 5.69 Å². The van der Waals surface area contributed by atoms with Crippen LogP contribution in [0.15, 0.2) is 18.5 Å². The Labute approximate surface area is 100 Å². The van der Waals surface area contributed by atoms with E-state index in [1.165, 1.54) is 11.4 Å². The van der Waals surface area contributed by atoms with Crippen molar-refractivity contribution < 1.29 is 5.11 Å². The Bertz CT molecular complexity index is 553. The van der Waals surface area contributed by atoms with E-state index in [0.717, 1.165) is 30.5 Å². The van der Waals surface area contributed by atoms with E-state index >= 15 is 0 Å². The van der Waals surface area contributed by atoms with Crippen LogP contribution < -0.4 is 0 Å². The van der Waals surface area contributed by atoms with E-state index in [2.05, 4.69) is 22.7 Å². The molecule has 0 spiro atoms. The first-order valence-electron chi connectivity index (χ1n) is 6.05. The lowest BCUT2D eigenvalue weighted by molar-refractivity contribution is 0.156. The number of aryl methyl sites for hydroxylation is 2. The summed E-state index contributed by atoms with van der Waals surface area (Å²) in [6, 6.07) is 2.10. The summed E-state index contributed by atoms with van der Waals surface area (Å²) < 4.78 is 4.02. The molecule has 1 atom stereocenters. The second-order valence-electron chi connectivity index (χ2n) is 4.80. The van der Waals surface area contributed by atoms with Crippen molar-refractivity contribution in [2.24, 2.45) is 7.05 Å². The van der Waals surface area contributed by atoms with Crippen LogP contribution in [0.4, 0.5) is 0 Å². The van der Waals surface area contributed by atoms with Crippen molar-refractivity contribution in [1.29, 1.82) is 0 Å². The monoisotopic (exact) mass is 231 g/mol. The summed E-state index contributed by atoms with van der Waals surface area (Å²) in [5.74, 6) is 0. The van der Waals surface area contributed by atoms with Gasteiger partial charge in [-0.1, -0.05) is 0 Å². The Kier molecular flexibility index (Phi) is 2.33. The molecule has 0 aliphatic heterocycles. The Morgan fingerprint density at radius 3 is 3.00 bits per heavy atom. The second-order valence-corrected chi connectivity index (χ2v) is 4.80. The first kappa shape index (κ1) is 10.6. The van der Waals surface area contributed by atoms with Crippen molar-refractivity contribution in [3.8, 4) is 5.69 Å². The minimum atomic E-state index is -0.296. The van der Waals surface area contributed by atoms with Crippen LogP contribution in [0, 0.1) is 6.92 Å². The van der Waals surface area contributed by atoms with Gasteiger partial charge in [0.2, 0.25) is 0 Å². The molecule has 2 aromatic rings. The smallest absolute Gasteiger partial charge is 0.0837 e. The number of aliphatic hydroxyl groups is 1. The van der Waals surface area contributed by atoms with E-state index in [-0.39, 0.29) is 6.10 Å². The van der Waals surface area contributed by atoms with Gasteiger partial charge in [0, 0.05) is 30.2 Å². The van der Waals surface area contributed by atoms with Gasteiger partial charge in [-0.25, -0.2) is 0 Å². The molecule has 1 N–H and O–H groups in total. The maximum atomic E-state index is 10.0. The third-order valence-electron chi connectivity index (χ3n) is 3.52. The average Bonchev–Trinajstić information content (AvgIpc) is 2.82. The number of aromatic nitrogens is 3. The van der Waals surface area contributed by atoms with Gasteiger partial charge in [0.1, 0.15) is 0 Å². The number of hydrogen-bond donors (Lipinski definition) is 1. The van der Waals surface area contributed by atoms with Crippen molar-refractivity contribution in [2.45, 2.75) is 32.3 Å². The minimum absolute atomic E-state index is 0.296. The molecule has 0 saturated carbocycles. The van der Waals surface area contributed by atoms with E-state index in [9.17, 15) is 5.11 Å². The van der Waals surface area contributed by atoms with Gasteiger partial charge in [-0.15, -0.1) is 0 Å². The van der Waals surface area contributed by atoms with Crippen molar-refractivity contribution in [2.75, 3.05) is 0 Å². The zero-order valence-electron chi connectivity index (χ0n) is 10.2. The molecule has 90 valence electrons. The molecule has 17 heavy (non-hydrogen) atoms. The van der Waals surface area contributed by atoms with Gasteiger partial charge >= 0.3 is 0 Å². The first-order chi connectivity index (χ1) is 8.16. The van der Waals surface area contributed by atoms with E-state index in [0.29, 0.717) is 0 Å². The normalized spacial score (nSPS) is 19.4. The third-order valence-corrected chi connectivity index (χ3v) is 3.52. The summed E-state index contributed by atoms with van der Waals surface area (Å²) in [7, 11) is 1.92. The molecule has 4 nitrogen and oxygen atoms in total. The minimum Gasteiger partial charge on any atom is -0.388 e. The van der Waals surface area contributed by atoms with Crippen LogP contribution in [0.3, 0.4) is 0 Å². The van der Waals surface area contributed by atoms with E-state index in [4.69, 9.17) is 0 Å². The fraction of sp³-hybridized carbons (Fsp3) is 0.462. The van der Waals surface area contributed by atoms with Crippen LogP contribution in [0.2, 0.25) is 0 Å². The molecule has 4 heteroatoms. The highest BCUT2D eigenvalue weighted by Crippen LogP contribution is 2.33. The molecule has 1 aliphatic carbocycles. The van der Waals surface area contributed by atoms with Crippen LogP contribution in [-0.2, 0) is 13.5 Å². The van der Waals surface area contributed by atoms with Gasteiger partial charge in [-0.2, -0.15) is 5.10 Å². The molecule has 0 radical (unpaired) electrons. The summed E-state index contributed by atoms with van der Waals surface area (Å²) in [6.07, 6.45) is 6.55. The van der Waals surface area contributed by atoms with Gasteiger partial charge in [0.05, 0.1) is 18.0 Å². The van der Waals surface area contributed by atoms with Crippen molar-refractivity contribution >= 4 is 0 Å². The molecule has 3 rings (SSSR count). The van der Waals surface area contributed by atoms with Crippen LogP contribution >= 0.6 is 0 Å². The van der Waals surface area contributed by atoms with E-state index < -0.39 is 0 Å². The largest absolute Gasteiger partial charge is 0.388 e. The van der Waals surface area contributed by atoms with Crippen molar-refractivity contribution in [1.82, 2.24) is 14.3 Å². The molecule has 0 fully saturated rings. The van der Waals surface area contributed by atoms with Gasteiger partial charge in [-0.05, 0) is 32.3 Å². The Balaban J connectivity index is 2.17. The number of fused-ring (bicyclic) bond motifs is 1. The zero-order valence-corrected chi connectivity index (χ0v) is 10.2. The maximum absolute atomic E-state index is 10.0. The standard InChI is InChI=1S/C13H17N3O/c1-9-6-11-12(4-3-5-13(11)17)16(9)10-7-14-15(2)8-10/h6-8,13,17H,3-5H2,1-2H3. The Morgan fingerprint density at radius 2 is 2.29 bits per heavy atom. The fourth-order valence-electron chi connectivity index (χ4n) is 2.76. The molecule has 1 aliphatic rings. The van der Waals surface area contributed by atoms with Gasteiger partial charge in [0.25, 0.3) is 0 Å². The first-order valence-corrected chi connectivity index (χ1v) is 6.05. The summed E-state index contributed by atoms with van der Waals surface area (Å²) in [6.45, 7) is 2.08. The lowest BCUT2D eigenvalue weighted by Crippen LogP contribution is -2.11. The number of aliphatic hydroxyl groups excluding tert-OH is 1. The molecule has 0 aromatic carbocycles. The molecule has 2 aromatic heterocycles. The molecule has 0 bridgehead atoms. The number of nitrogens with zero attached hydrogens (tertiary/aromatic N) is 3. The molecule has 2 heterocycles. The maximum Gasteiger partial charge on any atom is 0.0837 e. The fourth-order valence-corrected chi connectivity index (χ4v) is 2.76. The highest BCUT2D eigenvalue weighted by atomic mass is 16.3. The number of hydrogen-bond acceptors (Lipinski definition) is 2. The van der Waals surface area contributed by atoms with Crippen LogP contribution in [0.5, 0.6) is 0 Å². The van der Waals surface area contributed by atoms with Gasteiger partial charge in [0.15, 0.2) is 0 Å². The predicted molar refractivity (Wildman–Crippen MR) is 65.2 cm³/mol. The van der Waals surface area contributed by atoms with Crippen molar-refractivity contribution in [3.05, 3.63) is 35.4 Å². The van der Waals surface area contributed by atoms with Crippen molar-refractivity contribution in [3.63, 3.8) is 0 Å². The Hall–Kier alpha value is -1.55. The Morgan fingerprint density at radius 1 is 1.47 bits per heavy atom. The third kappa shape index (κ3) is 1.60. The van der Waals surface area contributed by atoms with Crippen LogP contribution in [-0.4, -0.2) is 19.5 Å².